The monoisotopic (exact) mass is 557 g/mol. The smallest absolute Gasteiger partial charge is 0.251 e. The third kappa shape index (κ3) is 6.52. The minimum atomic E-state index is -0.203. The molecule has 4 rings (SSSR count). The summed E-state index contributed by atoms with van der Waals surface area (Å²) in [7, 11) is 3.08. The predicted octanol–water partition coefficient (Wildman–Crippen LogP) is 6.13. The maximum absolute atomic E-state index is 12.7. The number of anilines is 1. The molecule has 192 valence electrons. The van der Waals surface area contributed by atoms with Crippen LogP contribution in [0.3, 0.4) is 0 Å². The van der Waals surface area contributed by atoms with Crippen LogP contribution in [0.2, 0.25) is 10.0 Å². The van der Waals surface area contributed by atoms with E-state index in [-0.39, 0.29) is 17.6 Å². The van der Waals surface area contributed by atoms with Crippen LogP contribution in [0.15, 0.2) is 71.8 Å². The summed E-state index contributed by atoms with van der Waals surface area (Å²) in [6.07, 6.45) is 2.00. The van der Waals surface area contributed by atoms with Gasteiger partial charge in [0.05, 0.1) is 30.0 Å². The molecule has 0 fully saturated rings. The van der Waals surface area contributed by atoms with Gasteiger partial charge in [-0.2, -0.15) is 0 Å². The van der Waals surface area contributed by atoms with Crippen molar-refractivity contribution in [3.8, 4) is 11.5 Å². The Morgan fingerprint density at radius 3 is 2.49 bits per heavy atom. The summed E-state index contributed by atoms with van der Waals surface area (Å²) in [6.45, 7) is 0.989. The Morgan fingerprint density at radius 1 is 0.946 bits per heavy atom. The van der Waals surface area contributed by atoms with Crippen LogP contribution in [0.4, 0.5) is 5.69 Å². The van der Waals surface area contributed by atoms with E-state index in [1.54, 1.807) is 43.5 Å². The minimum Gasteiger partial charge on any atom is -0.493 e. The van der Waals surface area contributed by atoms with Gasteiger partial charge < -0.3 is 24.7 Å². The lowest BCUT2D eigenvalue weighted by molar-refractivity contribution is -0.113. The Hall–Kier alpha value is -3.33. The zero-order valence-corrected chi connectivity index (χ0v) is 22.5. The van der Waals surface area contributed by atoms with Gasteiger partial charge in [-0.25, -0.2) is 0 Å². The number of carbonyl (C=O) groups is 2. The molecule has 37 heavy (non-hydrogen) atoms. The number of aromatic nitrogens is 1. The summed E-state index contributed by atoms with van der Waals surface area (Å²) in [5, 5.41) is 7.65. The van der Waals surface area contributed by atoms with E-state index in [2.05, 4.69) is 15.2 Å². The van der Waals surface area contributed by atoms with Gasteiger partial charge in [0.1, 0.15) is 0 Å². The first-order valence-corrected chi connectivity index (χ1v) is 13.1. The van der Waals surface area contributed by atoms with Crippen LogP contribution < -0.4 is 20.1 Å². The average Bonchev–Trinajstić information content (AvgIpc) is 3.26. The van der Waals surface area contributed by atoms with Crippen LogP contribution in [0.1, 0.15) is 10.4 Å². The molecule has 4 aromatic rings. The Morgan fingerprint density at radius 2 is 1.73 bits per heavy atom. The molecule has 3 aromatic carbocycles. The second kappa shape index (κ2) is 12.3. The number of fused-ring (bicyclic) bond motifs is 1. The molecule has 2 N–H and O–H groups in total. The lowest BCUT2D eigenvalue weighted by Gasteiger charge is -2.10. The van der Waals surface area contributed by atoms with Gasteiger partial charge >= 0.3 is 0 Å². The van der Waals surface area contributed by atoms with Crippen molar-refractivity contribution in [1.82, 2.24) is 9.88 Å². The summed E-state index contributed by atoms with van der Waals surface area (Å²) in [6, 6.07) is 18.0. The number of methoxy groups -OCH3 is 2. The first-order valence-electron chi connectivity index (χ1n) is 11.4. The molecule has 1 aromatic heterocycles. The average molecular weight is 558 g/mol. The fraction of sp³-hybridized carbons (Fsp3) is 0.185. The Bertz CT molecular complexity index is 1440. The third-order valence-corrected chi connectivity index (χ3v) is 7.38. The second-order valence-corrected chi connectivity index (χ2v) is 9.83. The highest BCUT2D eigenvalue weighted by Gasteiger charge is 2.13. The van der Waals surface area contributed by atoms with Crippen molar-refractivity contribution in [3.63, 3.8) is 0 Å². The molecule has 0 aliphatic rings. The van der Waals surface area contributed by atoms with Gasteiger partial charge in [0.25, 0.3) is 5.91 Å². The molecule has 7 nitrogen and oxygen atoms in total. The summed E-state index contributed by atoms with van der Waals surface area (Å²) >= 11 is 13.4. The number of nitrogens with zero attached hydrogens (tertiary/aromatic N) is 1. The number of benzene rings is 3. The van der Waals surface area contributed by atoms with Gasteiger partial charge in [-0.15, -0.1) is 11.8 Å². The van der Waals surface area contributed by atoms with Gasteiger partial charge in [0.2, 0.25) is 5.91 Å². The van der Waals surface area contributed by atoms with E-state index in [4.69, 9.17) is 32.7 Å². The molecule has 0 radical (unpaired) electrons. The first-order chi connectivity index (χ1) is 17.9. The topological polar surface area (TPSA) is 81.6 Å². The van der Waals surface area contributed by atoms with Crippen LogP contribution >= 0.6 is 35.0 Å². The highest BCUT2D eigenvalue weighted by atomic mass is 35.5. The molecular weight excluding hydrogens is 533 g/mol. The highest BCUT2D eigenvalue weighted by molar-refractivity contribution is 8.00. The van der Waals surface area contributed by atoms with E-state index < -0.39 is 0 Å². The number of carbonyl (C=O) groups excluding carboxylic acids is 2. The number of amides is 2. The van der Waals surface area contributed by atoms with Crippen molar-refractivity contribution in [1.29, 1.82) is 0 Å². The van der Waals surface area contributed by atoms with Crippen molar-refractivity contribution in [2.75, 3.05) is 31.8 Å². The summed E-state index contributed by atoms with van der Waals surface area (Å²) in [5.41, 5.74) is 2.10. The SMILES string of the molecule is COc1ccc(C(=O)NCCn2cc(SCC(=O)Nc3ccc(Cl)c(Cl)c3)c3ccccc32)cc1OC. The molecule has 0 aliphatic heterocycles. The molecule has 0 unspecified atom stereocenters. The third-order valence-electron chi connectivity index (χ3n) is 5.60. The molecule has 2 amide bonds. The molecule has 0 aliphatic carbocycles. The van der Waals surface area contributed by atoms with E-state index in [0.717, 1.165) is 15.8 Å². The lowest BCUT2D eigenvalue weighted by Crippen LogP contribution is -2.27. The van der Waals surface area contributed by atoms with Gasteiger partial charge in [0, 0.05) is 46.3 Å². The maximum Gasteiger partial charge on any atom is 0.251 e. The number of ether oxygens (including phenoxy) is 2. The van der Waals surface area contributed by atoms with E-state index in [0.29, 0.717) is 45.9 Å². The molecule has 0 atom stereocenters. The number of hydrogen-bond acceptors (Lipinski definition) is 5. The molecule has 0 saturated carbocycles. The maximum atomic E-state index is 12.7. The van der Waals surface area contributed by atoms with Crippen LogP contribution in [-0.4, -0.2) is 42.9 Å². The number of rotatable bonds is 10. The van der Waals surface area contributed by atoms with Crippen LogP contribution in [-0.2, 0) is 11.3 Å². The summed E-state index contributed by atoms with van der Waals surface area (Å²) in [5.74, 6) is 0.933. The Balaban J connectivity index is 1.38. The van der Waals surface area contributed by atoms with Gasteiger partial charge in [-0.1, -0.05) is 41.4 Å². The zero-order chi connectivity index (χ0) is 26.4. The number of nitrogens with one attached hydrogen (secondary N) is 2. The number of para-hydroxylation sites is 1. The fourth-order valence-corrected chi connectivity index (χ4v) is 4.98. The molecule has 0 saturated heterocycles. The van der Waals surface area contributed by atoms with E-state index in [1.165, 1.54) is 18.9 Å². The molecule has 10 heteroatoms. The van der Waals surface area contributed by atoms with Crippen molar-refractivity contribution in [2.24, 2.45) is 0 Å². The largest absolute Gasteiger partial charge is 0.493 e. The fourth-order valence-electron chi connectivity index (χ4n) is 3.80. The first kappa shape index (κ1) is 26.7. The lowest BCUT2D eigenvalue weighted by atomic mass is 10.2. The number of halogens is 2. The van der Waals surface area contributed by atoms with E-state index in [9.17, 15) is 9.59 Å². The summed E-state index contributed by atoms with van der Waals surface area (Å²) < 4.78 is 12.6. The molecular formula is C27H25Cl2N3O4S. The van der Waals surface area contributed by atoms with E-state index in [1.807, 2.05) is 30.5 Å². The van der Waals surface area contributed by atoms with Crippen molar-refractivity contribution in [3.05, 3.63) is 82.5 Å². The molecule has 0 bridgehead atoms. The standard InChI is InChI=1S/C27H25Cl2N3O4S/c1-35-23-10-7-17(13-24(23)36-2)27(34)30-11-12-32-15-25(19-5-3-4-6-22(19)32)37-16-26(33)31-18-8-9-20(28)21(29)14-18/h3-10,13-15H,11-12,16H2,1-2H3,(H,30,34)(H,31,33). The highest BCUT2D eigenvalue weighted by Crippen LogP contribution is 2.31. The van der Waals surface area contributed by atoms with Crippen molar-refractivity contribution >= 4 is 63.4 Å². The van der Waals surface area contributed by atoms with Crippen molar-refractivity contribution in [2.45, 2.75) is 11.4 Å². The zero-order valence-electron chi connectivity index (χ0n) is 20.2. The normalized spacial score (nSPS) is 10.8. The minimum absolute atomic E-state index is 0.151. The van der Waals surface area contributed by atoms with Gasteiger partial charge in [0.15, 0.2) is 11.5 Å². The number of hydrogen-bond donors (Lipinski definition) is 2. The summed E-state index contributed by atoms with van der Waals surface area (Å²) in [4.78, 5) is 26.1. The molecule has 1 heterocycles. The quantitative estimate of drug-likeness (QED) is 0.229. The predicted molar refractivity (Wildman–Crippen MR) is 150 cm³/mol. The van der Waals surface area contributed by atoms with Crippen LogP contribution in [0.25, 0.3) is 10.9 Å². The van der Waals surface area contributed by atoms with Crippen LogP contribution in [0.5, 0.6) is 11.5 Å². The van der Waals surface area contributed by atoms with E-state index >= 15 is 0 Å². The second-order valence-electron chi connectivity index (χ2n) is 8.00. The van der Waals surface area contributed by atoms with Crippen molar-refractivity contribution < 1.29 is 19.1 Å². The Kier molecular flexibility index (Phi) is 8.87. The van der Waals surface area contributed by atoms with Gasteiger partial charge in [-0.3, -0.25) is 9.59 Å². The van der Waals surface area contributed by atoms with Crippen LogP contribution in [0, 0.1) is 0 Å². The number of thioether (sulfide) groups is 1. The van der Waals surface area contributed by atoms with Gasteiger partial charge in [-0.05, 0) is 42.5 Å². The molecule has 0 spiro atoms. The Labute approximate surface area is 229 Å².